The molecule has 1 aliphatic carbocycles. The van der Waals surface area contributed by atoms with Gasteiger partial charge >= 0.3 is 0 Å². The predicted octanol–water partition coefficient (Wildman–Crippen LogP) is 3.39. The van der Waals surface area contributed by atoms with Crippen molar-refractivity contribution in [2.24, 2.45) is 11.3 Å². The summed E-state index contributed by atoms with van der Waals surface area (Å²) in [4.78, 5) is 21.4. The molecule has 1 amide bonds. The van der Waals surface area contributed by atoms with Gasteiger partial charge in [0.15, 0.2) is 5.82 Å². The van der Waals surface area contributed by atoms with Gasteiger partial charge in [-0.1, -0.05) is 38.1 Å². The Morgan fingerprint density at radius 1 is 1.28 bits per heavy atom. The van der Waals surface area contributed by atoms with Crippen molar-refractivity contribution in [2.75, 3.05) is 0 Å². The van der Waals surface area contributed by atoms with E-state index in [1.807, 2.05) is 20.8 Å². The van der Waals surface area contributed by atoms with Crippen molar-refractivity contribution in [2.45, 2.75) is 45.6 Å². The molecule has 8 nitrogen and oxygen atoms in total. The molecule has 2 N–H and O–H groups in total. The first-order valence-electron chi connectivity index (χ1n) is 9.58. The fraction of sp³-hybridized carbons (Fsp3) is 0.450. The minimum Gasteiger partial charge on any atom is -0.344 e. The van der Waals surface area contributed by atoms with Crippen LogP contribution in [0.3, 0.4) is 0 Å². The first-order valence-corrected chi connectivity index (χ1v) is 9.58. The Morgan fingerprint density at radius 2 is 2.03 bits per heavy atom. The van der Waals surface area contributed by atoms with E-state index >= 15 is 0 Å². The van der Waals surface area contributed by atoms with E-state index in [1.54, 1.807) is 12.1 Å². The molecule has 0 aliphatic heterocycles. The van der Waals surface area contributed by atoms with Crippen LogP contribution in [0.5, 0.6) is 0 Å². The lowest BCUT2D eigenvalue weighted by molar-refractivity contribution is -0.130. The van der Waals surface area contributed by atoms with Gasteiger partial charge in [0, 0.05) is 5.92 Å². The van der Waals surface area contributed by atoms with Crippen molar-refractivity contribution in [3.63, 3.8) is 0 Å². The van der Waals surface area contributed by atoms with Crippen molar-refractivity contribution in [3.8, 4) is 11.6 Å². The molecule has 3 aromatic rings. The Labute approximate surface area is 167 Å². The molecule has 29 heavy (non-hydrogen) atoms. The van der Waals surface area contributed by atoms with Gasteiger partial charge in [0.1, 0.15) is 18.2 Å². The average molecular weight is 398 g/mol. The molecule has 152 valence electrons. The molecular formula is C20H23FN6O2. The van der Waals surface area contributed by atoms with E-state index in [-0.39, 0.29) is 34.8 Å². The normalized spacial score (nSPS) is 20.1. The summed E-state index contributed by atoms with van der Waals surface area (Å²) in [6.45, 7) is 5.98. The number of aromatic amines is 1. The Balaban J connectivity index is 1.51. The van der Waals surface area contributed by atoms with E-state index in [0.29, 0.717) is 11.7 Å². The molecule has 1 saturated carbocycles. The number of carbonyl (C=O) groups excluding carboxylic acids is 1. The van der Waals surface area contributed by atoms with Gasteiger partial charge in [0.05, 0.1) is 0 Å². The topological polar surface area (TPSA) is 110 Å². The van der Waals surface area contributed by atoms with Crippen LogP contribution in [0.4, 0.5) is 4.39 Å². The van der Waals surface area contributed by atoms with Crippen LogP contribution in [0.25, 0.3) is 11.6 Å². The summed E-state index contributed by atoms with van der Waals surface area (Å²) >= 11 is 0. The molecule has 0 spiro atoms. The van der Waals surface area contributed by atoms with Crippen LogP contribution >= 0.6 is 0 Å². The third-order valence-corrected chi connectivity index (χ3v) is 5.38. The highest BCUT2D eigenvalue weighted by molar-refractivity contribution is 5.81. The van der Waals surface area contributed by atoms with Crippen LogP contribution < -0.4 is 5.32 Å². The molecule has 4 rings (SSSR count). The maximum atomic E-state index is 13.2. The number of hydrogen-bond acceptors (Lipinski definition) is 6. The van der Waals surface area contributed by atoms with Gasteiger partial charge in [-0.15, -0.1) is 0 Å². The molecule has 0 radical (unpaired) electrons. The SMILES string of the molecule is CC(C)(C)C(NC(=O)C1CCC1c1ccc(F)cc1)c1nc(-c2ncn[nH]2)no1. The fourth-order valence-corrected chi connectivity index (χ4v) is 3.58. The minimum absolute atomic E-state index is 0.0649. The number of rotatable bonds is 5. The third kappa shape index (κ3) is 3.90. The second kappa shape index (κ2) is 7.38. The zero-order valence-corrected chi connectivity index (χ0v) is 16.5. The zero-order valence-electron chi connectivity index (χ0n) is 16.5. The number of benzene rings is 1. The van der Waals surface area contributed by atoms with Crippen molar-refractivity contribution in [1.29, 1.82) is 0 Å². The first-order chi connectivity index (χ1) is 13.8. The molecular weight excluding hydrogens is 375 g/mol. The van der Waals surface area contributed by atoms with Gasteiger partial charge in [0.25, 0.3) is 0 Å². The summed E-state index contributed by atoms with van der Waals surface area (Å²) in [5.74, 6) is 0.578. The largest absolute Gasteiger partial charge is 0.344 e. The van der Waals surface area contributed by atoms with E-state index in [4.69, 9.17) is 4.52 Å². The van der Waals surface area contributed by atoms with Crippen molar-refractivity contribution < 1.29 is 13.7 Å². The summed E-state index contributed by atoms with van der Waals surface area (Å²) < 4.78 is 18.6. The Hall–Kier alpha value is -3.10. The summed E-state index contributed by atoms with van der Waals surface area (Å²) in [6.07, 6.45) is 3.05. The highest BCUT2D eigenvalue weighted by Crippen LogP contribution is 2.43. The molecule has 1 aliphatic rings. The maximum absolute atomic E-state index is 13.2. The lowest BCUT2D eigenvalue weighted by Crippen LogP contribution is -2.44. The quantitative estimate of drug-likeness (QED) is 0.682. The minimum atomic E-state index is -0.464. The van der Waals surface area contributed by atoms with Gasteiger partial charge < -0.3 is 9.84 Å². The van der Waals surface area contributed by atoms with Crippen LogP contribution in [0.1, 0.15) is 57.0 Å². The first kappa shape index (κ1) is 19.2. The van der Waals surface area contributed by atoms with E-state index in [1.165, 1.54) is 18.5 Å². The second-order valence-electron chi connectivity index (χ2n) is 8.44. The van der Waals surface area contributed by atoms with Gasteiger partial charge in [-0.25, -0.2) is 9.37 Å². The fourth-order valence-electron chi connectivity index (χ4n) is 3.58. The van der Waals surface area contributed by atoms with Crippen molar-refractivity contribution in [1.82, 2.24) is 30.6 Å². The average Bonchev–Trinajstić information content (AvgIpc) is 3.31. The molecule has 2 aromatic heterocycles. The summed E-state index contributed by atoms with van der Waals surface area (Å²) in [5, 5.41) is 13.5. The van der Waals surface area contributed by atoms with Gasteiger partial charge in [0.2, 0.25) is 17.6 Å². The number of nitrogens with zero attached hydrogens (tertiary/aromatic N) is 4. The van der Waals surface area contributed by atoms with E-state index < -0.39 is 6.04 Å². The van der Waals surface area contributed by atoms with Crippen LogP contribution in [-0.2, 0) is 4.79 Å². The maximum Gasteiger partial charge on any atom is 0.250 e. The molecule has 0 saturated heterocycles. The predicted molar refractivity (Wildman–Crippen MR) is 102 cm³/mol. The smallest absolute Gasteiger partial charge is 0.250 e. The monoisotopic (exact) mass is 398 g/mol. The standard InChI is InChI=1S/C20H23FN6O2/c1-20(2,3)15(19-25-17(27-29-19)16-22-10-23-26-16)24-18(28)14-9-8-13(14)11-4-6-12(21)7-5-11/h4-7,10,13-15H,8-9H2,1-3H3,(H,24,28)(H,22,23,26). The van der Waals surface area contributed by atoms with Crippen LogP contribution in [-0.4, -0.2) is 31.2 Å². The molecule has 1 fully saturated rings. The number of hydrogen-bond donors (Lipinski definition) is 2. The van der Waals surface area contributed by atoms with Crippen LogP contribution in [0, 0.1) is 17.2 Å². The van der Waals surface area contributed by atoms with E-state index in [2.05, 4.69) is 30.6 Å². The molecule has 3 atom stereocenters. The van der Waals surface area contributed by atoms with Gasteiger partial charge in [-0.05, 0) is 41.9 Å². The molecule has 2 heterocycles. The number of aromatic nitrogens is 5. The van der Waals surface area contributed by atoms with Crippen LogP contribution in [0.15, 0.2) is 35.1 Å². The number of H-pyrrole nitrogens is 1. The van der Waals surface area contributed by atoms with E-state index in [0.717, 1.165) is 18.4 Å². The molecule has 1 aromatic carbocycles. The lowest BCUT2D eigenvalue weighted by Gasteiger charge is -2.38. The van der Waals surface area contributed by atoms with Crippen molar-refractivity contribution >= 4 is 5.91 Å². The molecule has 0 bridgehead atoms. The highest BCUT2D eigenvalue weighted by Gasteiger charge is 2.41. The summed E-state index contributed by atoms with van der Waals surface area (Å²) in [5.41, 5.74) is 0.631. The second-order valence-corrected chi connectivity index (χ2v) is 8.44. The Morgan fingerprint density at radius 3 is 2.62 bits per heavy atom. The zero-order chi connectivity index (χ0) is 20.6. The third-order valence-electron chi connectivity index (χ3n) is 5.38. The number of amides is 1. The number of carbonyl (C=O) groups is 1. The lowest BCUT2D eigenvalue weighted by atomic mass is 9.69. The Kier molecular flexibility index (Phi) is 4.89. The number of nitrogens with one attached hydrogen (secondary N) is 2. The van der Waals surface area contributed by atoms with Gasteiger partial charge in [-0.3, -0.25) is 9.89 Å². The molecule has 3 unspecified atom stereocenters. The number of halogens is 1. The molecule has 9 heteroatoms. The van der Waals surface area contributed by atoms with Crippen LogP contribution in [0.2, 0.25) is 0 Å². The highest BCUT2D eigenvalue weighted by atomic mass is 19.1. The van der Waals surface area contributed by atoms with Gasteiger partial charge in [-0.2, -0.15) is 10.1 Å². The van der Waals surface area contributed by atoms with E-state index in [9.17, 15) is 9.18 Å². The summed E-state index contributed by atoms with van der Waals surface area (Å²) in [7, 11) is 0. The summed E-state index contributed by atoms with van der Waals surface area (Å²) in [6, 6.07) is 5.91. The van der Waals surface area contributed by atoms with Crippen molar-refractivity contribution in [3.05, 3.63) is 47.9 Å². The Bertz CT molecular complexity index is 977.